The number of benzene rings is 1. The molecule has 0 bridgehead atoms. The highest BCUT2D eigenvalue weighted by Crippen LogP contribution is 2.23. The molecule has 3 rings (SSSR count). The van der Waals surface area contributed by atoms with Gasteiger partial charge in [0.2, 0.25) is 11.9 Å². The Balaban J connectivity index is 1.68. The van der Waals surface area contributed by atoms with Crippen LogP contribution in [0.1, 0.15) is 12.1 Å². The van der Waals surface area contributed by atoms with E-state index in [2.05, 4.69) is 37.6 Å². The first-order valence-corrected chi connectivity index (χ1v) is 8.70. The lowest BCUT2D eigenvalue weighted by Gasteiger charge is -2.10. The summed E-state index contributed by atoms with van der Waals surface area (Å²) in [5.74, 6) is 0.212. The van der Waals surface area contributed by atoms with Crippen LogP contribution in [0.2, 0.25) is 5.02 Å². The van der Waals surface area contributed by atoms with Gasteiger partial charge in [0.25, 0.3) is 0 Å². The highest BCUT2D eigenvalue weighted by atomic mass is 35.5. The molecule has 0 spiro atoms. The lowest BCUT2D eigenvalue weighted by atomic mass is 10.2. The van der Waals surface area contributed by atoms with Crippen molar-refractivity contribution in [2.45, 2.75) is 13.1 Å². The number of carbonyl (C=O) groups is 1. The van der Waals surface area contributed by atoms with E-state index in [9.17, 15) is 13.6 Å². The predicted octanol–water partition coefficient (Wildman–Crippen LogP) is 4.20. The van der Waals surface area contributed by atoms with Gasteiger partial charge in [-0.15, -0.1) is 0 Å². The summed E-state index contributed by atoms with van der Waals surface area (Å²) >= 11 is 6.13. The second-order valence-corrected chi connectivity index (χ2v) is 6.16. The highest BCUT2D eigenvalue weighted by Gasteiger charge is 2.10. The molecule has 150 valence electrons. The van der Waals surface area contributed by atoms with Crippen molar-refractivity contribution in [3.63, 3.8) is 0 Å². The summed E-state index contributed by atoms with van der Waals surface area (Å²) in [6, 6.07) is 7.21. The first kappa shape index (κ1) is 20.2. The number of anilines is 4. The summed E-state index contributed by atoms with van der Waals surface area (Å²) in [7, 11) is 0. The van der Waals surface area contributed by atoms with Gasteiger partial charge >= 0.3 is 6.55 Å². The largest absolute Gasteiger partial charge is 0.365 e. The second-order valence-electron chi connectivity index (χ2n) is 5.75. The molecule has 0 unspecified atom stereocenters. The van der Waals surface area contributed by atoms with Gasteiger partial charge in [-0.2, -0.15) is 18.9 Å². The van der Waals surface area contributed by atoms with E-state index in [-0.39, 0.29) is 16.9 Å². The van der Waals surface area contributed by atoms with Gasteiger partial charge in [-0.25, -0.2) is 9.67 Å². The molecule has 0 aliphatic heterocycles. The quantitative estimate of drug-likeness (QED) is 0.473. The molecule has 3 N–H and O–H groups in total. The number of nitrogens with one attached hydrogen (secondary N) is 3. The lowest BCUT2D eigenvalue weighted by Crippen LogP contribution is -2.08. The van der Waals surface area contributed by atoms with Crippen LogP contribution in [0.4, 0.5) is 31.9 Å². The van der Waals surface area contributed by atoms with Gasteiger partial charge in [0.15, 0.2) is 5.82 Å². The van der Waals surface area contributed by atoms with Crippen molar-refractivity contribution in [2.75, 3.05) is 16.0 Å². The molecule has 0 saturated heterocycles. The topological polar surface area (TPSA) is 96.8 Å². The zero-order valence-corrected chi connectivity index (χ0v) is 15.7. The van der Waals surface area contributed by atoms with Crippen molar-refractivity contribution in [3.05, 3.63) is 66.1 Å². The fraction of sp³-hybridized carbons (Fsp3) is 0.111. The van der Waals surface area contributed by atoms with Crippen molar-refractivity contribution in [1.82, 2.24) is 19.7 Å². The highest BCUT2D eigenvalue weighted by molar-refractivity contribution is 6.32. The Kier molecular flexibility index (Phi) is 6.35. The molecule has 8 nitrogen and oxygen atoms in total. The predicted molar refractivity (Wildman–Crippen MR) is 106 cm³/mol. The number of nitrogens with zero attached hydrogens (tertiary/aromatic N) is 4. The summed E-state index contributed by atoms with van der Waals surface area (Å²) < 4.78 is 25.7. The summed E-state index contributed by atoms with van der Waals surface area (Å²) in [4.78, 5) is 19.7. The van der Waals surface area contributed by atoms with Gasteiger partial charge in [0.05, 0.1) is 24.3 Å². The summed E-state index contributed by atoms with van der Waals surface area (Å²) in [6.07, 6.45) is 4.95. The summed E-state index contributed by atoms with van der Waals surface area (Å²) in [6.45, 7) is 1.05. The maximum absolute atomic E-state index is 12.6. The monoisotopic (exact) mass is 419 g/mol. The molecule has 0 fully saturated rings. The Labute approximate surface area is 169 Å². The zero-order chi connectivity index (χ0) is 20.8. The first-order valence-electron chi connectivity index (χ1n) is 8.32. The maximum Gasteiger partial charge on any atom is 0.333 e. The van der Waals surface area contributed by atoms with E-state index in [4.69, 9.17) is 11.6 Å². The minimum atomic E-state index is -2.74. The van der Waals surface area contributed by atoms with Crippen LogP contribution in [-0.4, -0.2) is 25.7 Å². The van der Waals surface area contributed by atoms with Crippen molar-refractivity contribution in [2.24, 2.45) is 0 Å². The number of hydrogen-bond acceptors (Lipinski definition) is 6. The van der Waals surface area contributed by atoms with Crippen LogP contribution >= 0.6 is 11.6 Å². The third kappa shape index (κ3) is 5.48. The molecular weight excluding hydrogens is 404 g/mol. The fourth-order valence-corrected chi connectivity index (χ4v) is 2.49. The van der Waals surface area contributed by atoms with E-state index in [1.54, 1.807) is 18.2 Å². The number of hydrogen-bond donors (Lipinski definition) is 3. The standard InChI is InChI=1S/C18H16ClF2N7O/c1-2-15(29)25-12-5-3-4-11(6-12)7-22-16-14(19)9-23-18(27-16)26-13-8-24-28(10-13)17(20)21/h2-6,8-10,17H,1,7H2,(H,25,29)(H2,22,23,26,27). The fourth-order valence-electron chi connectivity index (χ4n) is 2.33. The van der Waals surface area contributed by atoms with Crippen LogP contribution in [0.3, 0.4) is 0 Å². The van der Waals surface area contributed by atoms with Gasteiger partial charge in [-0.3, -0.25) is 4.79 Å². The molecule has 2 aromatic heterocycles. The number of alkyl halides is 2. The van der Waals surface area contributed by atoms with Crippen LogP contribution < -0.4 is 16.0 Å². The molecule has 1 amide bonds. The minimum absolute atomic E-state index is 0.165. The Bertz CT molecular complexity index is 1020. The molecule has 0 atom stereocenters. The van der Waals surface area contributed by atoms with Gasteiger partial charge in [0.1, 0.15) is 5.02 Å². The average molecular weight is 420 g/mol. The lowest BCUT2D eigenvalue weighted by molar-refractivity contribution is -0.111. The van der Waals surface area contributed by atoms with E-state index < -0.39 is 6.55 Å². The van der Waals surface area contributed by atoms with Crippen molar-refractivity contribution in [1.29, 1.82) is 0 Å². The Morgan fingerprint density at radius 3 is 2.86 bits per heavy atom. The number of halogens is 3. The van der Waals surface area contributed by atoms with E-state index >= 15 is 0 Å². The van der Waals surface area contributed by atoms with Gasteiger partial charge < -0.3 is 16.0 Å². The molecule has 2 heterocycles. The molecule has 11 heteroatoms. The summed E-state index contributed by atoms with van der Waals surface area (Å²) in [5, 5.41) is 12.4. The van der Waals surface area contributed by atoms with E-state index in [1.807, 2.05) is 6.07 Å². The van der Waals surface area contributed by atoms with E-state index in [0.29, 0.717) is 28.4 Å². The van der Waals surface area contributed by atoms with E-state index in [0.717, 1.165) is 11.8 Å². The third-order valence-corrected chi connectivity index (χ3v) is 3.92. The molecule has 0 aliphatic rings. The normalized spacial score (nSPS) is 10.6. The van der Waals surface area contributed by atoms with Crippen LogP contribution in [0.25, 0.3) is 0 Å². The van der Waals surface area contributed by atoms with Crippen LogP contribution in [0, 0.1) is 0 Å². The Morgan fingerprint density at radius 2 is 2.14 bits per heavy atom. The first-order chi connectivity index (χ1) is 13.9. The SMILES string of the molecule is C=CC(=O)Nc1cccc(CNc2nc(Nc3cnn(C(F)F)c3)ncc2Cl)c1. The van der Waals surface area contributed by atoms with Gasteiger partial charge in [0, 0.05) is 12.2 Å². The van der Waals surface area contributed by atoms with Crippen LogP contribution in [0.15, 0.2) is 55.5 Å². The third-order valence-electron chi connectivity index (χ3n) is 3.64. The summed E-state index contributed by atoms with van der Waals surface area (Å²) in [5.41, 5.74) is 1.81. The van der Waals surface area contributed by atoms with Gasteiger partial charge in [-0.05, 0) is 23.8 Å². The molecule has 3 aromatic rings. The van der Waals surface area contributed by atoms with Crippen LogP contribution in [0.5, 0.6) is 0 Å². The molecule has 0 aliphatic carbocycles. The van der Waals surface area contributed by atoms with Crippen molar-refractivity contribution < 1.29 is 13.6 Å². The number of carbonyl (C=O) groups excluding carboxylic acids is 1. The minimum Gasteiger partial charge on any atom is -0.365 e. The number of rotatable bonds is 8. The molecular formula is C18H16ClF2N7O. The van der Waals surface area contributed by atoms with E-state index in [1.165, 1.54) is 18.5 Å². The van der Waals surface area contributed by atoms with Gasteiger partial charge in [-0.1, -0.05) is 30.3 Å². The number of aromatic nitrogens is 4. The maximum atomic E-state index is 12.6. The smallest absolute Gasteiger partial charge is 0.333 e. The van der Waals surface area contributed by atoms with Crippen molar-refractivity contribution in [3.8, 4) is 0 Å². The molecule has 29 heavy (non-hydrogen) atoms. The zero-order valence-electron chi connectivity index (χ0n) is 14.9. The molecule has 0 radical (unpaired) electrons. The average Bonchev–Trinajstić information content (AvgIpc) is 3.17. The Morgan fingerprint density at radius 1 is 1.31 bits per heavy atom. The van der Waals surface area contributed by atoms with Crippen LogP contribution in [-0.2, 0) is 11.3 Å². The molecule has 0 saturated carbocycles. The number of amides is 1. The molecule has 1 aromatic carbocycles. The Hall–Kier alpha value is -3.53. The second kappa shape index (κ2) is 9.11. The van der Waals surface area contributed by atoms with Crippen molar-refractivity contribution >= 4 is 40.6 Å².